The lowest BCUT2D eigenvalue weighted by atomic mass is 9.76. The van der Waals surface area contributed by atoms with Crippen molar-refractivity contribution in [3.63, 3.8) is 0 Å². The molecule has 2 atom stereocenters. The van der Waals surface area contributed by atoms with Crippen LogP contribution < -0.4 is 16.6 Å². The summed E-state index contributed by atoms with van der Waals surface area (Å²) in [6, 6.07) is 1.93. The topological polar surface area (TPSA) is 84.0 Å². The molecule has 0 saturated carbocycles. The molecule has 0 radical (unpaired) electrons. The van der Waals surface area contributed by atoms with E-state index in [-0.39, 0.29) is 29.4 Å². The predicted molar refractivity (Wildman–Crippen MR) is 100 cm³/mol. The highest BCUT2D eigenvalue weighted by Gasteiger charge is 2.32. The van der Waals surface area contributed by atoms with Gasteiger partial charge in [-0.2, -0.15) is 0 Å². The number of fused-ring (bicyclic) bond motifs is 1. The number of hydrogen-bond acceptors (Lipinski definition) is 4. The van der Waals surface area contributed by atoms with Crippen LogP contribution >= 0.6 is 0 Å². The number of benzene rings is 1. The Labute approximate surface area is 154 Å². The molecule has 3 rings (SSSR count). The van der Waals surface area contributed by atoms with Crippen LogP contribution in [-0.2, 0) is 0 Å². The summed E-state index contributed by atoms with van der Waals surface area (Å²) in [6.07, 6.45) is 1.33. The fraction of sp³-hybridized carbons (Fsp3) is 0.389. The predicted octanol–water partition coefficient (Wildman–Crippen LogP) is 2.41. The molecule has 2 N–H and O–H groups in total. The average molecular weight is 375 g/mol. The van der Waals surface area contributed by atoms with E-state index in [9.17, 15) is 23.2 Å². The molecule has 0 amide bonds. The molecule has 1 aromatic carbocycles. The first-order valence-corrected chi connectivity index (χ1v) is 8.97. The highest BCUT2D eigenvalue weighted by atomic mass is 19.1. The van der Waals surface area contributed by atoms with Gasteiger partial charge in [0.2, 0.25) is 0 Å². The second-order valence-electron chi connectivity index (χ2n) is 6.84. The lowest BCUT2D eigenvalue weighted by molar-refractivity contribution is 0.0968. The van der Waals surface area contributed by atoms with Gasteiger partial charge in [0.05, 0.1) is 6.04 Å². The van der Waals surface area contributed by atoms with Crippen molar-refractivity contribution in [3.05, 3.63) is 61.8 Å². The van der Waals surface area contributed by atoms with Crippen LogP contribution in [0.3, 0.4) is 0 Å². The number of carbonyl (C=O) groups excluding carboxylic acids is 1. The SMILES string of the molecule is CBCCC(C)n1c(=O)[nH]c2c(c1=O)C(=O)C[C@H](c1ccc(F)cc1F)N2. The molecule has 6 nitrogen and oxygen atoms in total. The van der Waals surface area contributed by atoms with Crippen molar-refractivity contribution in [2.45, 2.75) is 45.0 Å². The second-order valence-corrected chi connectivity index (χ2v) is 6.84. The molecule has 27 heavy (non-hydrogen) atoms. The largest absolute Gasteiger partial charge is 0.363 e. The van der Waals surface area contributed by atoms with Gasteiger partial charge < -0.3 is 5.32 Å². The van der Waals surface area contributed by atoms with Crippen LogP contribution in [0.4, 0.5) is 14.6 Å². The molecule has 0 aliphatic carbocycles. The van der Waals surface area contributed by atoms with Crippen LogP contribution in [0.5, 0.6) is 0 Å². The molecule has 0 spiro atoms. The molecule has 1 unspecified atom stereocenters. The molecule has 9 heteroatoms. The van der Waals surface area contributed by atoms with E-state index in [1.807, 2.05) is 6.82 Å². The van der Waals surface area contributed by atoms with Crippen LogP contribution in [0, 0.1) is 11.6 Å². The van der Waals surface area contributed by atoms with Crippen molar-refractivity contribution in [2.24, 2.45) is 0 Å². The zero-order chi connectivity index (χ0) is 19.7. The van der Waals surface area contributed by atoms with E-state index in [0.29, 0.717) is 6.42 Å². The molecule has 142 valence electrons. The molecule has 0 bridgehead atoms. The first kappa shape index (κ1) is 19.1. The summed E-state index contributed by atoms with van der Waals surface area (Å²) in [5.41, 5.74) is -1.30. The van der Waals surface area contributed by atoms with Crippen LogP contribution in [0.15, 0.2) is 27.8 Å². The molecular formula is C18H20BF2N3O3. The molecule has 1 aliphatic rings. The Morgan fingerprint density at radius 2 is 2.04 bits per heavy atom. The summed E-state index contributed by atoms with van der Waals surface area (Å²) >= 11 is 0. The lowest BCUT2D eigenvalue weighted by Gasteiger charge is -2.27. The minimum absolute atomic E-state index is 0.0195. The van der Waals surface area contributed by atoms with Gasteiger partial charge >= 0.3 is 5.69 Å². The molecule has 1 aromatic heterocycles. The number of aromatic amines is 1. The molecule has 1 aliphatic heterocycles. The van der Waals surface area contributed by atoms with Gasteiger partial charge in [0.1, 0.15) is 30.3 Å². The molecular weight excluding hydrogens is 355 g/mol. The number of H-pyrrole nitrogens is 1. The normalized spacial score (nSPS) is 17.2. The number of ketones is 1. The summed E-state index contributed by atoms with van der Waals surface area (Å²) in [6.45, 7) is 3.77. The van der Waals surface area contributed by atoms with Crippen molar-refractivity contribution in [3.8, 4) is 0 Å². The third-order valence-electron chi connectivity index (χ3n) is 4.87. The van der Waals surface area contributed by atoms with E-state index >= 15 is 0 Å². The fourth-order valence-corrected chi connectivity index (χ4v) is 3.43. The number of carbonyl (C=O) groups is 1. The highest BCUT2D eigenvalue weighted by molar-refractivity contribution is 6.33. The summed E-state index contributed by atoms with van der Waals surface area (Å²) in [7, 11) is 0.924. The Bertz CT molecular complexity index is 1000. The Morgan fingerprint density at radius 1 is 1.30 bits per heavy atom. The first-order valence-electron chi connectivity index (χ1n) is 8.97. The summed E-state index contributed by atoms with van der Waals surface area (Å²) < 4.78 is 28.2. The van der Waals surface area contributed by atoms with Gasteiger partial charge in [-0.15, -0.1) is 0 Å². The first-order chi connectivity index (χ1) is 12.8. The smallest absolute Gasteiger partial charge is 0.330 e. The number of halogens is 2. The average Bonchev–Trinajstić information content (AvgIpc) is 2.59. The third-order valence-corrected chi connectivity index (χ3v) is 4.87. The zero-order valence-electron chi connectivity index (χ0n) is 15.1. The number of aromatic nitrogens is 2. The summed E-state index contributed by atoms with van der Waals surface area (Å²) in [4.78, 5) is 40.3. The monoisotopic (exact) mass is 375 g/mol. The van der Waals surface area contributed by atoms with Gasteiger partial charge in [-0.3, -0.25) is 19.1 Å². The maximum absolute atomic E-state index is 14.1. The van der Waals surface area contributed by atoms with Crippen molar-refractivity contribution < 1.29 is 13.6 Å². The van der Waals surface area contributed by atoms with Crippen molar-refractivity contribution in [1.29, 1.82) is 0 Å². The van der Waals surface area contributed by atoms with Crippen LogP contribution in [0.2, 0.25) is 13.1 Å². The maximum atomic E-state index is 14.1. The van der Waals surface area contributed by atoms with Crippen molar-refractivity contribution in [1.82, 2.24) is 9.55 Å². The van der Waals surface area contributed by atoms with Crippen LogP contribution in [0.25, 0.3) is 0 Å². The lowest BCUT2D eigenvalue weighted by Crippen LogP contribution is -2.43. The van der Waals surface area contributed by atoms with E-state index < -0.39 is 34.7 Å². The molecule has 0 saturated heterocycles. The Balaban J connectivity index is 2.01. The van der Waals surface area contributed by atoms with E-state index in [2.05, 4.69) is 10.3 Å². The number of rotatable bonds is 5. The van der Waals surface area contributed by atoms with Gasteiger partial charge in [0.15, 0.2) is 5.78 Å². The van der Waals surface area contributed by atoms with Gasteiger partial charge in [-0.25, -0.2) is 13.6 Å². The minimum atomic E-state index is -0.798. The number of nitrogens with zero attached hydrogens (tertiary/aromatic N) is 1. The van der Waals surface area contributed by atoms with E-state index in [0.717, 1.165) is 30.3 Å². The fourth-order valence-electron chi connectivity index (χ4n) is 3.43. The second kappa shape index (κ2) is 7.50. The number of hydrogen-bond donors (Lipinski definition) is 2. The van der Waals surface area contributed by atoms with Gasteiger partial charge in [0, 0.05) is 24.1 Å². The van der Waals surface area contributed by atoms with Gasteiger partial charge in [0.25, 0.3) is 5.56 Å². The standard InChI is InChI=1S/C18H20BF2N3O3/c1-9(5-6-19-2)24-17(26)15-14(25)8-13(22-16(15)23-18(24)27)11-4-3-10(20)7-12(11)21/h3-4,7,9,13,19,22H,5-6,8H2,1-2H3,(H,23,27)/t9?,13-/m1/s1. The van der Waals surface area contributed by atoms with Gasteiger partial charge in [-0.1, -0.05) is 19.2 Å². The Morgan fingerprint density at radius 3 is 2.70 bits per heavy atom. The van der Waals surface area contributed by atoms with E-state index in [4.69, 9.17) is 0 Å². The van der Waals surface area contributed by atoms with Gasteiger partial charge in [-0.05, 0) is 19.4 Å². The summed E-state index contributed by atoms with van der Waals surface area (Å²) in [5.74, 6) is -2.03. The van der Waals surface area contributed by atoms with Crippen LogP contribution in [-0.4, -0.2) is 22.6 Å². The summed E-state index contributed by atoms with van der Waals surface area (Å²) in [5, 5.41) is 2.84. The molecule has 2 heterocycles. The zero-order valence-corrected chi connectivity index (χ0v) is 15.1. The molecule has 0 fully saturated rings. The van der Waals surface area contributed by atoms with Crippen LogP contribution in [0.1, 0.15) is 47.8 Å². The van der Waals surface area contributed by atoms with E-state index in [1.54, 1.807) is 6.92 Å². The van der Waals surface area contributed by atoms with E-state index in [1.165, 1.54) is 6.07 Å². The number of nitrogens with one attached hydrogen (secondary N) is 2. The third kappa shape index (κ3) is 3.58. The maximum Gasteiger partial charge on any atom is 0.330 e. The van der Waals surface area contributed by atoms with Crippen molar-refractivity contribution in [2.75, 3.05) is 5.32 Å². The number of Topliss-reactive ketones (excluding diaryl/α,β-unsaturated/α-hetero) is 1. The quantitative estimate of drug-likeness (QED) is 0.787. The Kier molecular flexibility index (Phi) is 5.30. The highest BCUT2D eigenvalue weighted by Crippen LogP contribution is 2.31. The molecule has 2 aromatic rings. The Hall–Kier alpha value is -2.71. The number of anilines is 1. The van der Waals surface area contributed by atoms with Crippen molar-refractivity contribution >= 4 is 18.9 Å². The minimum Gasteiger partial charge on any atom is -0.363 e.